The summed E-state index contributed by atoms with van der Waals surface area (Å²) in [5.74, 6) is 0. The van der Waals surface area contributed by atoms with E-state index in [9.17, 15) is 25.9 Å². The summed E-state index contributed by atoms with van der Waals surface area (Å²) in [4.78, 5) is 3.58. The smallest absolute Gasteiger partial charge is 0.294 e. The lowest BCUT2D eigenvalue weighted by Crippen LogP contribution is -2.22. The number of benzene rings is 4. The van der Waals surface area contributed by atoms with Crippen molar-refractivity contribution in [3.63, 3.8) is 0 Å². The van der Waals surface area contributed by atoms with E-state index in [0.717, 1.165) is 39.4 Å². The third kappa shape index (κ3) is 8.36. The van der Waals surface area contributed by atoms with Crippen LogP contribution in [0, 0.1) is 0 Å². The van der Waals surface area contributed by atoms with Crippen molar-refractivity contribution in [2.45, 2.75) is 22.9 Å². The highest BCUT2D eigenvalue weighted by atomic mass is 32.2. The number of hydrogen-bond acceptors (Lipinski definition) is 6. The first-order valence-electron chi connectivity index (χ1n) is 15.1. The van der Waals surface area contributed by atoms with Gasteiger partial charge in [0.1, 0.15) is 14.1 Å². The van der Waals surface area contributed by atoms with Crippen molar-refractivity contribution in [2.75, 3.05) is 38.0 Å². The molecule has 1 aliphatic carbocycles. The van der Waals surface area contributed by atoms with Gasteiger partial charge in [-0.3, -0.25) is 9.11 Å². The molecule has 9 nitrogen and oxygen atoms in total. The van der Waals surface area contributed by atoms with Crippen molar-refractivity contribution in [1.82, 2.24) is 0 Å². The number of anilines is 2. The van der Waals surface area contributed by atoms with E-state index >= 15 is 0 Å². The molecule has 4 aromatic carbocycles. The van der Waals surface area contributed by atoms with Crippen LogP contribution in [0.3, 0.4) is 0 Å². The predicted octanol–water partition coefficient (Wildman–Crippen LogP) is 6.09. The highest BCUT2D eigenvalue weighted by Crippen LogP contribution is 2.33. The van der Waals surface area contributed by atoms with Gasteiger partial charge in [0, 0.05) is 50.7 Å². The van der Waals surface area contributed by atoms with Crippen molar-refractivity contribution in [1.29, 1.82) is 0 Å². The maximum atomic E-state index is 11.9. The highest BCUT2D eigenvalue weighted by molar-refractivity contribution is 7.86. The quantitative estimate of drug-likeness (QED) is 0.152. The lowest BCUT2D eigenvalue weighted by Gasteiger charge is -2.26. The zero-order chi connectivity index (χ0) is 34.6. The minimum absolute atomic E-state index is 0.219. The van der Waals surface area contributed by atoms with Gasteiger partial charge in [-0.2, -0.15) is 16.8 Å². The van der Waals surface area contributed by atoms with Gasteiger partial charge in [0.05, 0.1) is 9.79 Å². The molecule has 0 bridgehead atoms. The lowest BCUT2D eigenvalue weighted by molar-refractivity contribution is -0.462. The first-order chi connectivity index (χ1) is 22.7. The molecule has 0 heterocycles. The Balaban J connectivity index is 1.57. The minimum atomic E-state index is -4.41. The molecule has 0 unspecified atom stereocenters. The molecular formula is C37H38N3O6S2+. The maximum Gasteiger partial charge on any atom is 0.294 e. The van der Waals surface area contributed by atoms with Crippen LogP contribution in [-0.2, 0) is 33.3 Å². The van der Waals surface area contributed by atoms with Crippen LogP contribution in [0.25, 0.3) is 5.57 Å². The Bertz CT molecular complexity index is 2070. The van der Waals surface area contributed by atoms with Gasteiger partial charge >= 0.3 is 0 Å². The fourth-order valence-corrected chi connectivity index (χ4v) is 6.58. The van der Waals surface area contributed by atoms with Crippen LogP contribution < -0.4 is 9.80 Å². The number of allylic oxidation sites excluding steroid dienone is 5. The molecule has 0 spiro atoms. The number of hydrogen-bond donors (Lipinski definition) is 2. The molecule has 0 saturated heterocycles. The summed E-state index contributed by atoms with van der Waals surface area (Å²) in [6, 6.07) is 28.5. The van der Waals surface area contributed by atoms with Crippen LogP contribution in [0.4, 0.5) is 11.4 Å². The average molecular weight is 685 g/mol. The molecule has 11 heteroatoms. The Morgan fingerprint density at radius 2 is 1.06 bits per heavy atom. The first kappa shape index (κ1) is 34.5. The van der Waals surface area contributed by atoms with Gasteiger partial charge in [-0.25, -0.2) is 4.58 Å². The summed E-state index contributed by atoms with van der Waals surface area (Å²) < 4.78 is 68.7. The fraction of sp³-hybridized carbons (Fsp3) is 0.162. The molecule has 0 fully saturated rings. The van der Waals surface area contributed by atoms with Crippen LogP contribution >= 0.6 is 0 Å². The molecule has 0 radical (unpaired) electrons. The van der Waals surface area contributed by atoms with Crippen LogP contribution in [0.15, 0.2) is 137 Å². The molecule has 5 rings (SSSR count). The summed E-state index contributed by atoms with van der Waals surface area (Å²) in [5.41, 5.74) is 8.33. The van der Waals surface area contributed by atoms with Gasteiger partial charge in [-0.15, -0.1) is 0 Å². The molecular weight excluding hydrogens is 647 g/mol. The Morgan fingerprint density at radius 3 is 1.46 bits per heavy atom. The zero-order valence-corrected chi connectivity index (χ0v) is 28.8. The molecule has 48 heavy (non-hydrogen) atoms. The Kier molecular flexibility index (Phi) is 10.2. The van der Waals surface area contributed by atoms with E-state index in [-0.39, 0.29) is 22.9 Å². The highest BCUT2D eigenvalue weighted by Gasteiger charge is 2.17. The van der Waals surface area contributed by atoms with Crippen LogP contribution in [0.1, 0.15) is 22.3 Å². The number of nitrogens with zero attached hydrogens (tertiary/aromatic N) is 3. The predicted molar refractivity (Wildman–Crippen MR) is 191 cm³/mol. The summed E-state index contributed by atoms with van der Waals surface area (Å²) in [6.45, 7) is 0.487. The molecule has 2 N–H and O–H groups in total. The van der Waals surface area contributed by atoms with E-state index in [1.54, 1.807) is 24.3 Å². The SMILES string of the molecule is CN(C)c1ccc(C(=C2C=CC(=[N+](C)C)C=C2)c2ccc(N(Cc3cccc(S(=O)(=O)O)c3)Cc3cccc(S(=O)(=O)O)c3)cc2)cc1. The summed E-state index contributed by atoms with van der Waals surface area (Å²) in [7, 11) is -0.813. The second-order valence-corrected chi connectivity index (χ2v) is 14.7. The standard InChI is InChI=1S/C37H37N3O6S2/c1-38(2)32-17-11-29(12-18-32)37(30-13-19-33(20-14-30)39(3)4)31-15-21-34(22-16-31)40(25-27-7-5-9-35(23-27)47(41,42)43)26-28-8-6-10-36(24-28)48(44,45)46/h5-24H,25-26H2,1-4H3,(H-,41,42,43,44,45,46)/p+1. The van der Waals surface area contributed by atoms with Gasteiger partial charge in [0.15, 0.2) is 5.71 Å². The van der Waals surface area contributed by atoms with E-state index < -0.39 is 20.2 Å². The van der Waals surface area contributed by atoms with E-state index in [4.69, 9.17) is 0 Å². The molecule has 0 amide bonds. The molecule has 4 aromatic rings. The van der Waals surface area contributed by atoms with Crippen molar-refractivity contribution in [2.24, 2.45) is 0 Å². The van der Waals surface area contributed by atoms with Crippen molar-refractivity contribution in [3.05, 3.63) is 149 Å². The molecule has 0 atom stereocenters. The first-order valence-corrected chi connectivity index (χ1v) is 18.0. The average Bonchev–Trinajstić information content (AvgIpc) is 3.05. The van der Waals surface area contributed by atoms with E-state index in [1.807, 2.05) is 57.4 Å². The van der Waals surface area contributed by atoms with Crippen LogP contribution in [0.5, 0.6) is 0 Å². The van der Waals surface area contributed by atoms with Crippen LogP contribution in [0.2, 0.25) is 0 Å². The van der Waals surface area contributed by atoms with Crippen molar-refractivity contribution < 1.29 is 30.5 Å². The largest absolute Gasteiger partial charge is 0.378 e. The Labute approximate surface area is 282 Å². The monoisotopic (exact) mass is 684 g/mol. The zero-order valence-electron chi connectivity index (χ0n) is 27.1. The second-order valence-electron chi connectivity index (χ2n) is 11.9. The van der Waals surface area contributed by atoms with Crippen molar-refractivity contribution >= 4 is 42.9 Å². The third-order valence-corrected chi connectivity index (χ3v) is 9.70. The normalized spacial score (nSPS) is 13.0. The summed E-state index contributed by atoms with van der Waals surface area (Å²) in [6.07, 6.45) is 8.38. The van der Waals surface area contributed by atoms with Gasteiger partial charge in [0.2, 0.25) is 0 Å². The van der Waals surface area contributed by atoms with Crippen LogP contribution in [-0.4, -0.2) is 64.4 Å². The lowest BCUT2D eigenvalue weighted by atomic mass is 9.90. The van der Waals surface area contributed by atoms with Gasteiger partial charge < -0.3 is 9.80 Å². The molecule has 1 aliphatic rings. The van der Waals surface area contributed by atoms with Gasteiger partial charge in [-0.05, 0) is 94.1 Å². The third-order valence-electron chi connectivity index (χ3n) is 8.01. The Hall–Kier alpha value is -4.81. The number of rotatable bonds is 10. The topological polar surface area (TPSA) is 118 Å². The van der Waals surface area contributed by atoms with Gasteiger partial charge in [0.25, 0.3) is 20.2 Å². The van der Waals surface area contributed by atoms with Crippen molar-refractivity contribution in [3.8, 4) is 0 Å². The van der Waals surface area contributed by atoms with E-state index in [1.165, 1.54) is 24.3 Å². The van der Waals surface area contributed by atoms with Gasteiger partial charge in [-0.1, -0.05) is 48.5 Å². The Morgan fingerprint density at radius 1 is 0.625 bits per heavy atom. The maximum absolute atomic E-state index is 11.9. The minimum Gasteiger partial charge on any atom is -0.378 e. The second kappa shape index (κ2) is 14.1. The fourth-order valence-electron chi connectivity index (χ4n) is 5.48. The summed E-state index contributed by atoms with van der Waals surface area (Å²) in [5, 5.41) is 0. The molecule has 0 aliphatic heterocycles. The summed E-state index contributed by atoms with van der Waals surface area (Å²) >= 11 is 0. The van der Waals surface area contributed by atoms with E-state index in [2.05, 4.69) is 58.0 Å². The molecule has 248 valence electrons. The molecule has 0 saturated carbocycles. The van der Waals surface area contributed by atoms with E-state index in [0.29, 0.717) is 11.1 Å². The molecule has 0 aromatic heterocycles.